The number of methoxy groups -OCH3 is 1. The Labute approximate surface area is 147 Å². The van der Waals surface area contributed by atoms with Crippen molar-refractivity contribution < 1.29 is 19.4 Å². The van der Waals surface area contributed by atoms with E-state index in [1.165, 1.54) is 7.11 Å². The number of hydrogen-bond acceptors (Lipinski definition) is 3. The summed E-state index contributed by atoms with van der Waals surface area (Å²) in [5, 5.41) is 10.6. The molecule has 1 saturated heterocycles. The number of para-hydroxylation sites is 1. The van der Waals surface area contributed by atoms with Crippen LogP contribution >= 0.6 is 15.9 Å². The fourth-order valence-electron chi connectivity index (χ4n) is 3.35. The fourth-order valence-corrected chi connectivity index (χ4v) is 3.96. The Balaban J connectivity index is 1.91. The Hall–Kier alpha value is -1.86. The van der Waals surface area contributed by atoms with Crippen LogP contribution in [0.15, 0.2) is 28.7 Å². The molecular formula is C17H19BrN2O4. The van der Waals surface area contributed by atoms with Crippen LogP contribution in [-0.4, -0.2) is 53.7 Å². The van der Waals surface area contributed by atoms with Gasteiger partial charge in [0.15, 0.2) is 0 Å². The molecule has 1 aromatic carbocycles. The number of aromatic nitrogens is 1. The summed E-state index contributed by atoms with van der Waals surface area (Å²) in [6.07, 6.45) is 1.15. The lowest BCUT2D eigenvalue weighted by Gasteiger charge is -2.39. The van der Waals surface area contributed by atoms with Crippen LogP contribution in [0.1, 0.15) is 23.3 Å². The number of likely N-dealkylation sites (tertiary alicyclic amines) is 1. The molecular weight excluding hydrogens is 376 g/mol. The van der Waals surface area contributed by atoms with E-state index >= 15 is 0 Å². The second-order valence-electron chi connectivity index (χ2n) is 6.21. The zero-order chi connectivity index (χ0) is 17.3. The van der Waals surface area contributed by atoms with Gasteiger partial charge in [-0.3, -0.25) is 9.59 Å². The van der Waals surface area contributed by atoms with Crippen molar-refractivity contribution in [3.63, 3.8) is 0 Å². The van der Waals surface area contributed by atoms with Crippen molar-refractivity contribution in [2.75, 3.05) is 26.8 Å². The van der Waals surface area contributed by atoms with Crippen molar-refractivity contribution >= 4 is 38.7 Å². The molecule has 1 atom stereocenters. The molecule has 2 N–H and O–H groups in total. The smallest absolute Gasteiger partial charge is 0.313 e. The molecule has 24 heavy (non-hydrogen) atoms. The molecule has 2 aromatic rings. The van der Waals surface area contributed by atoms with Crippen molar-refractivity contribution in [3.8, 4) is 0 Å². The van der Waals surface area contributed by atoms with Crippen molar-refractivity contribution in [2.45, 2.75) is 12.8 Å². The van der Waals surface area contributed by atoms with Crippen LogP contribution in [0.25, 0.3) is 10.9 Å². The zero-order valence-electron chi connectivity index (χ0n) is 13.3. The van der Waals surface area contributed by atoms with Gasteiger partial charge in [0.25, 0.3) is 5.91 Å². The number of piperidine rings is 1. The number of fused-ring (bicyclic) bond motifs is 1. The van der Waals surface area contributed by atoms with Gasteiger partial charge in [0, 0.05) is 31.1 Å². The Bertz CT molecular complexity index is 784. The molecule has 128 valence electrons. The number of ether oxygens (including phenoxy) is 1. The first-order valence-electron chi connectivity index (χ1n) is 7.76. The highest BCUT2D eigenvalue weighted by Gasteiger charge is 2.44. The van der Waals surface area contributed by atoms with Gasteiger partial charge in [-0.25, -0.2) is 0 Å². The number of carbonyl (C=O) groups excluding carboxylic acids is 1. The molecule has 1 amide bonds. The number of carbonyl (C=O) groups is 2. The van der Waals surface area contributed by atoms with Gasteiger partial charge in [-0.2, -0.15) is 0 Å². The van der Waals surface area contributed by atoms with Crippen molar-refractivity contribution in [1.82, 2.24) is 9.88 Å². The average molecular weight is 395 g/mol. The number of aliphatic carboxylic acids is 1. The minimum Gasteiger partial charge on any atom is -0.481 e. The van der Waals surface area contributed by atoms with Crippen LogP contribution < -0.4 is 0 Å². The summed E-state index contributed by atoms with van der Waals surface area (Å²) in [6, 6.07) is 7.63. The van der Waals surface area contributed by atoms with Crippen LogP contribution in [0.5, 0.6) is 0 Å². The zero-order valence-corrected chi connectivity index (χ0v) is 14.9. The summed E-state index contributed by atoms with van der Waals surface area (Å²) in [6.45, 7) is 0.788. The highest BCUT2D eigenvalue weighted by Crippen LogP contribution is 2.34. The molecule has 2 heterocycles. The predicted molar refractivity (Wildman–Crippen MR) is 93.1 cm³/mol. The maximum Gasteiger partial charge on any atom is 0.313 e. The van der Waals surface area contributed by atoms with Gasteiger partial charge in [0.2, 0.25) is 0 Å². The minimum absolute atomic E-state index is 0.0972. The first-order valence-corrected chi connectivity index (χ1v) is 8.55. The first kappa shape index (κ1) is 17.0. The number of carboxylic acid groups (broad SMARTS) is 1. The number of rotatable bonds is 4. The van der Waals surface area contributed by atoms with Crippen LogP contribution in [0.4, 0.5) is 0 Å². The SMILES string of the molecule is COCC1(C(=O)O)CCCN(C(=O)c2[nH]c3ccccc3c2Br)C1. The van der Waals surface area contributed by atoms with Crippen LogP contribution in [-0.2, 0) is 9.53 Å². The van der Waals surface area contributed by atoms with E-state index in [0.29, 0.717) is 29.6 Å². The highest BCUT2D eigenvalue weighted by molar-refractivity contribution is 9.10. The third kappa shape index (κ3) is 2.82. The number of nitrogens with zero attached hydrogens (tertiary/aromatic N) is 1. The third-order valence-electron chi connectivity index (χ3n) is 4.59. The lowest BCUT2D eigenvalue weighted by Crippen LogP contribution is -2.52. The predicted octanol–water partition coefficient (Wildman–Crippen LogP) is 2.88. The summed E-state index contributed by atoms with van der Waals surface area (Å²) in [5.41, 5.74) is 0.280. The van der Waals surface area contributed by atoms with Crippen LogP contribution in [0.2, 0.25) is 0 Å². The highest BCUT2D eigenvalue weighted by atomic mass is 79.9. The number of halogens is 1. The van der Waals surface area contributed by atoms with Gasteiger partial charge in [0.1, 0.15) is 11.1 Å². The standard InChI is InChI=1S/C17H19BrN2O4/c1-24-10-17(16(22)23)7-4-8-20(9-17)15(21)14-13(18)11-5-2-3-6-12(11)19-14/h2-3,5-6,19H,4,7-10H2,1H3,(H,22,23). The third-order valence-corrected chi connectivity index (χ3v) is 5.42. The quantitative estimate of drug-likeness (QED) is 0.834. The van der Waals surface area contributed by atoms with Gasteiger partial charge in [-0.05, 0) is 34.8 Å². The Morgan fingerprint density at radius 3 is 2.83 bits per heavy atom. The molecule has 0 bridgehead atoms. The summed E-state index contributed by atoms with van der Waals surface area (Å²) in [7, 11) is 1.49. The number of hydrogen-bond donors (Lipinski definition) is 2. The number of carboxylic acids is 1. The second-order valence-corrected chi connectivity index (χ2v) is 7.00. The summed E-state index contributed by atoms with van der Waals surface area (Å²) in [5.74, 6) is -1.11. The van der Waals surface area contributed by atoms with E-state index in [1.807, 2.05) is 24.3 Å². The largest absolute Gasteiger partial charge is 0.481 e. The van der Waals surface area contributed by atoms with Gasteiger partial charge in [0.05, 0.1) is 11.1 Å². The number of H-pyrrole nitrogens is 1. The van der Waals surface area contributed by atoms with Crippen molar-refractivity contribution in [1.29, 1.82) is 0 Å². The first-order chi connectivity index (χ1) is 11.5. The molecule has 0 aliphatic carbocycles. The number of benzene rings is 1. The normalized spacial score (nSPS) is 21.2. The number of aromatic amines is 1. The van der Waals surface area contributed by atoms with E-state index in [1.54, 1.807) is 4.90 Å². The molecule has 1 aromatic heterocycles. The number of amides is 1. The second kappa shape index (κ2) is 6.57. The van der Waals surface area contributed by atoms with Gasteiger partial charge in [-0.1, -0.05) is 18.2 Å². The minimum atomic E-state index is -1.04. The monoisotopic (exact) mass is 394 g/mol. The lowest BCUT2D eigenvalue weighted by atomic mass is 9.80. The molecule has 7 heteroatoms. The van der Waals surface area contributed by atoms with Gasteiger partial charge in [-0.15, -0.1) is 0 Å². The maximum absolute atomic E-state index is 12.9. The van der Waals surface area contributed by atoms with E-state index in [0.717, 1.165) is 10.9 Å². The van der Waals surface area contributed by atoms with Crippen molar-refractivity contribution in [3.05, 3.63) is 34.4 Å². The Kier molecular flexibility index (Phi) is 4.64. The van der Waals surface area contributed by atoms with Crippen LogP contribution in [0, 0.1) is 5.41 Å². The van der Waals surface area contributed by atoms with E-state index < -0.39 is 11.4 Å². The average Bonchev–Trinajstić information content (AvgIpc) is 2.92. The van der Waals surface area contributed by atoms with Gasteiger partial charge < -0.3 is 19.7 Å². The molecule has 0 spiro atoms. The molecule has 0 radical (unpaired) electrons. The summed E-state index contributed by atoms with van der Waals surface area (Å²) < 4.78 is 5.83. The van der Waals surface area contributed by atoms with E-state index in [4.69, 9.17) is 4.74 Å². The van der Waals surface area contributed by atoms with E-state index in [-0.39, 0.29) is 19.1 Å². The molecule has 6 nitrogen and oxygen atoms in total. The molecule has 0 saturated carbocycles. The van der Waals surface area contributed by atoms with E-state index in [9.17, 15) is 14.7 Å². The fraction of sp³-hybridized carbons (Fsp3) is 0.412. The Morgan fingerprint density at radius 1 is 1.42 bits per heavy atom. The van der Waals surface area contributed by atoms with Crippen LogP contribution in [0.3, 0.4) is 0 Å². The molecule has 1 unspecified atom stereocenters. The topological polar surface area (TPSA) is 82.6 Å². The molecule has 1 aliphatic heterocycles. The van der Waals surface area contributed by atoms with Crippen molar-refractivity contribution in [2.24, 2.45) is 5.41 Å². The van der Waals surface area contributed by atoms with Gasteiger partial charge >= 0.3 is 5.97 Å². The summed E-state index contributed by atoms with van der Waals surface area (Å²) in [4.78, 5) is 29.4. The summed E-state index contributed by atoms with van der Waals surface area (Å²) >= 11 is 3.49. The maximum atomic E-state index is 12.9. The molecule has 3 rings (SSSR count). The molecule has 1 aliphatic rings. The number of nitrogens with one attached hydrogen (secondary N) is 1. The Morgan fingerprint density at radius 2 is 2.17 bits per heavy atom. The molecule has 1 fully saturated rings. The lowest BCUT2D eigenvalue weighted by molar-refractivity contribution is -0.155. The van der Waals surface area contributed by atoms with E-state index in [2.05, 4.69) is 20.9 Å².